The van der Waals surface area contributed by atoms with E-state index in [1.807, 2.05) is 42.8 Å². The molecule has 146 valence electrons. The van der Waals surface area contributed by atoms with Crippen LogP contribution in [0.5, 0.6) is 11.5 Å². The molecule has 0 spiro atoms. The fourth-order valence-corrected chi connectivity index (χ4v) is 4.19. The van der Waals surface area contributed by atoms with Crippen LogP contribution in [0.2, 0.25) is 0 Å². The molecule has 0 saturated heterocycles. The smallest absolute Gasteiger partial charge is 0.257 e. The average Bonchev–Trinajstić information content (AvgIpc) is 3.29. The van der Waals surface area contributed by atoms with Gasteiger partial charge < -0.3 is 14.0 Å². The van der Waals surface area contributed by atoms with Crippen LogP contribution >= 0.6 is 11.3 Å². The summed E-state index contributed by atoms with van der Waals surface area (Å²) in [6.07, 6.45) is 1.73. The minimum atomic E-state index is -0.208. The van der Waals surface area contributed by atoms with Gasteiger partial charge in [-0.1, -0.05) is 0 Å². The highest BCUT2D eigenvalue weighted by Gasteiger charge is 2.17. The molecule has 7 nitrogen and oxygen atoms in total. The molecule has 29 heavy (non-hydrogen) atoms. The van der Waals surface area contributed by atoms with E-state index in [2.05, 4.69) is 15.3 Å². The number of benzene rings is 2. The molecule has 1 aliphatic heterocycles. The number of rotatable bonds is 3. The predicted molar refractivity (Wildman–Crippen MR) is 112 cm³/mol. The maximum Gasteiger partial charge on any atom is 0.257 e. The molecule has 0 bridgehead atoms. The van der Waals surface area contributed by atoms with Gasteiger partial charge in [-0.2, -0.15) is 0 Å². The first-order valence-corrected chi connectivity index (χ1v) is 10.00. The maximum absolute atomic E-state index is 12.7. The lowest BCUT2D eigenvalue weighted by molar-refractivity contribution is 0.102. The van der Waals surface area contributed by atoms with Gasteiger partial charge in [0.25, 0.3) is 5.91 Å². The molecule has 3 heterocycles. The van der Waals surface area contributed by atoms with Crippen LogP contribution in [0.4, 0.5) is 5.13 Å². The second-order valence-electron chi connectivity index (χ2n) is 6.80. The van der Waals surface area contributed by atoms with E-state index in [1.54, 1.807) is 18.5 Å². The second-order valence-corrected chi connectivity index (χ2v) is 8.00. The Hall–Kier alpha value is -3.39. The van der Waals surface area contributed by atoms with Gasteiger partial charge in [0.15, 0.2) is 16.6 Å². The van der Waals surface area contributed by atoms with E-state index in [0.29, 0.717) is 23.9 Å². The Labute approximate surface area is 170 Å². The fourth-order valence-electron chi connectivity index (χ4n) is 3.36. The molecule has 0 atom stereocenters. The summed E-state index contributed by atoms with van der Waals surface area (Å²) in [6, 6.07) is 11.2. The van der Waals surface area contributed by atoms with E-state index in [9.17, 15) is 4.79 Å². The number of hydrogen-bond acceptors (Lipinski definition) is 6. The summed E-state index contributed by atoms with van der Waals surface area (Å²) >= 11 is 1.44. The number of imidazole rings is 1. The van der Waals surface area contributed by atoms with Gasteiger partial charge in [-0.15, -0.1) is 11.3 Å². The monoisotopic (exact) mass is 406 g/mol. The summed E-state index contributed by atoms with van der Waals surface area (Å²) in [6.45, 7) is 3.08. The zero-order valence-corrected chi connectivity index (χ0v) is 16.7. The van der Waals surface area contributed by atoms with Crippen molar-refractivity contribution in [1.82, 2.24) is 14.5 Å². The molecule has 1 N–H and O–H groups in total. The molecule has 8 heteroatoms. The highest BCUT2D eigenvalue weighted by atomic mass is 32.1. The van der Waals surface area contributed by atoms with Crippen LogP contribution in [0.1, 0.15) is 15.2 Å². The summed E-state index contributed by atoms with van der Waals surface area (Å²) in [5.41, 5.74) is 4.06. The van der Waals surface area contributed by atoms with Gasteiger partial charge in [0.05, 0.1) is 23.1 Å². The van der Waals surface area contributed by atoms with Crippen molar-refractivity contribution in [2.24, 2.45) is 7.05 Å². The number of amides is 1. The molecule has 2 aromatic heterocycles. The third-order valence-electron chi connectivity index (χ3n) is 4.82. The van der Waals surface area contributed by atoms with E-state index in [0.717, 1.165) is 38.7 Å². The van der Waals surface area contributed by atoms with E-state index in [4.69, 9.17) is 9.47 Å². The zero-order valence-electron chi connectivity index (χ0n) is 15.9. The maximum atomic E-state index is 12.7. The Morgan fingerprint density at radius 3 is 2.83 bits per heavy atom. The number of thiazole rings is 1. The minimum Gasteiger partial charge on any atom is -0.486 e. The van der Waals surface area contributed by atoms with Crippen molar-refractivity contribution < 1.29 is 14.3 Å². The van der Waals surface area contributed by atoms with E-state index < -0.39 is 0 Å². The third-order valence-corrected chi connectivity index (χ3v) is 5.71. The summed E-state index contributed by atoms with van der Waals surface area (Å²) in [5, 5.41) is 3.46. The van der Waals surface area contributed by atoms with Crippen molar-refractivity contribution in [2.45, 2.75) is 6.92 Å². The van der Waals surface area contributed by atoms with Crippen LogP contribution in [0.25, 0.3) is 22.3 Å². The number of aromatic nitrogens is 3. The first-order chi connectivity index (χ1) is 14.1. The zero-order chi connectivity index (χ0) is 20.0. The largest absolute Gasteiger partial charge is 0.486 e. The average molecular weight is 406 g/mol. The van der Waals surface area contributed by atoms with E-state index >= 15 is 0 Å². The lowest BCUT2D eigenvalue weighted by Crippen LogP contribution is -2.15. The molecule has 4 aromatic rings. The van der Waals surface area contributed by atoms with Gasteiger partial charge >= 0.3 is 0 Å². The second kappa shape index (κ2) is 6.89. The SMILES string of the molecule is Cc1sc(NC(=O)c2ccc3c(c2)ncn3C)nc1-c1ccc2c(c1)OCCO2. The Morgan fingerprint density at radius 2 is 1.97 bits per heavy atom. The number of anilines is 1. The molecule has 0 unspecified atom stereocenters. The number of aryl methyl sites for hydroxylation is 2. The summed E-state index contributed by atoms with van der Waals surface area (Å²) < 4.78 is 13.2. The summed E-state index contributed by atoms with van der Waals surface area (Å²) in [4.78, 5) is 22.6. The number of nitrogens with zero attached hydrogens (tertiary/aromatic N) is 3. The fraction of sp³-hybridized carbons (Fsp3) is 0.190. The standard InChI is InChI=1S/C21H18N4O3S/c1-12-19(13-4-6-17-18(10-13)28-8-7-27-17)23-21(29-12)24-20(26)14-3-5-16-15(9-14)22-11-25(16)2/h3-6,9-11H,7-8H2,1-2H3,(H,23,24,26). The Kier molecular flexibility index (Phi) is 4.21. The van der Waals surface area contributed by atoms with Crippen LogP contribution in [0.3, 0.4) is 0 Å². The van der Waals surface area contributed by atoms with Crippen molar-refractivity contribution in [3.8, 4) is 22.8 Å². The van der Waals surface area contributed by atoms with Crippen molar-refractivity contribution in [3.05, 3.63) is 53.2 Å². The van der Waals surface area contributed by atoms with Crippen LogP contribution in [0.15, 0.2) is 42.7 Å². The van der Waals surface area contributed by atoms with Gasteiger partial charge in [-0.3, -0.25) is 10.1 Å². The molecule has 5 rings (SSSR count). The van der Waals surface area contributed by atoms with Crippen LogP contribution in [-0.4, -0.2) is 33.7 Å². The quantitative estimate of drug-likeness (QED) is 0.556. The molecule has 0 aliphatic carbocycles. The molecular weight excluding hydrogens is 388 g/mol. The molecule has 1 aliphatic rings. The number of ether oxygens (including phenoxy) is 2. The Bertz CT molecular complexity index is 1240. The number of carbonyl (C=O) groups is 1. The van der Waals surface area contributed by atoms with Gasteiger partial charge in [-0.05, 0) is 43.3 Å². The Morgan fingerprint density at radius 1 is 1.14 bits per heavy atom. The van der Waals surface area contributed by atoms with Crippen molar-refractivity contribution in [1.29, 1.82) is 0 Å². The lowest BCUT2D eigenvalue weighted by atomic mass is 10.1. The van der Waals surface area contributed by atoms with Crippen LogP contribution in [0, 0.1) is 6.92 Å². The van der Waals surface area contributed by atoms with E-state index in [-0.39, 0.29) is 5.91 Å². The normalized spacial score (nSPS) is 12.9. The number of nitrogens with one attached hydrogen (secondary N) is 1. The lowest BCUT2D eigenvalue weighted by Gasteiger charge is -2.18. The van der Waals surface area contributed by atoms with E-state index in [1.165, 1.54) is 11.3 Å². The van der Waals surface area contributed by atoms with Crippen molar-refractivity contribution in [3.63, 3.8) is 0 Å². The highest BCUT2D eigenvalue weighted by molar-refractivity contribution is 7.16. The molecule has 0 fully saturated rings. The number of carbonyl (C=O) groups excluding carboxylic acids is 1. The summed E-state index contributed by atoms with van der Waals surface area (Å²) in [7, 11) is 1.92. The number of fused-ring (bicyclic) bond motifs is 2. The molecule has 1 amide bonds. The number of hydrogen-bond donors (Lipinski definition) is 1. The molecule has 0 saturated carbocycles. The third kappa shape index (κ3) is 3.21. The molecule has 0 radical (unpaired) electrons. The van der Waals surface area contributed by atoms with Gasteiger partial charge in [0.2, 0.25) is 0 Å². The van der Waals surface area contributed by atoms with Crippen LogP contribution in [-0.2, 0) is 7.05 Å². The topological polar surface area (TPSA) is 78.3 Å². The van der Waals surface area contributed by atoms with Gasteiger partial charge in [-0.25, -0.2) is 9.97 Å². The van der Waals surface area contributed by atoms with Crippen molar-refractivity contribution in [2.75, 3.05) is 18.5 Å². The van der Waals surface area contributed by atoms with Crippen molar-refractivity contribution >= 4 is 33.4 Å². The first kappa shape index (κ1) is 17.7. The highest BCUT2D eigenvalue weighted by Crippen LogP contribution is 2.37. The van der Waals surface area contributed by atoms with Gasteiger partial charge in [0, 0.05) is 23.1 Å². The molecule has 2 aromatic carbocycles. The minimum absolute atomic E-state index is 0.208. The molecular formula is C21H18N4O3S. The van der Waals surface area contributed by atoms with Crippen LogP contribution < -0.4 is 14.8 Å². The summed E-state index contributed by atoms with van der Waals surface area (Å²) in [5.74, 6) is 1.25. The van der Waals surface area contributed by atoms with Gasteiger partial charge in [0.1, 0.15) is 13.2 Å². The predicted octanol–water partition coefficient (Wildman–Crippen LogP) is 4.03. The first-order valence-electron chi connectivity index (χ1n) is 9.18. The Balaban J connectivity index is 1.40.